The Bertz CT molecular complexity index is 294. The van der Waals surface area contributed by atoms with Crippen LogP contribution in [0.5, 0.6) is 0 Å². The summed E-state index contributed by atoms with van der Waals surface area (Å²) in [5.74, 6) is 0. The van der Waals surface area contributed by atoms with Gasteiger partial charge in [0.05, 0.1) is 0 Å². The van der Waals surface area contributed by atoms with Crippen LogP contribution in [0, 0.1) is 0 Å². The first-order valence-electron chi connectivity index (χ1n) is 6.61. The molecule has 2 rings (SSSR count). The minimum absolute atomic E-state index is 0.176. The molecule has 0 aromatic rings. The van der Waals surface area contributed by atoms with Crippen LogP contribution in [-0.2, 0) is 4.74 Å². The Hall–Kier alpha value is -0.770. The summed E-state index contributed by atoms with van der Waals surface area (Å²) >= 11 is 0. The molecule has 1 amide bonds. The lowest BCUT2D eigenvalue weighted by Crippen LogP contribution is -2.40. The molecule has 4 nitrogen and oxygen atoms in total. The summed E-state index contributed by atoms with van der Waals surface area (Å²) in [5.41, 5.74) is -0.404. The van der Waals surface area contributed by atoms with Crippen molar-refractivity contribution in [1.82, 2.24) is 10.2 Å². The van der Waals surface area contributed by atoms with Gasteiger partial charge in [0.25, 0.3) is 0 Å². The van der Waals surface area contributed by atoms with Crippen LogP contribution in [-0.4, -0.2) is 41.3 Å². The normalized spacial score (nSPS) is 29.5. The molecule has 2 unspecified atom stereocenters. The van der Waals surface area contributed by atoms with Gasteiger partial charge in [0.15, 0.2) is 0 Å². The van der Waals surface area contributed by atoms with Gasteiger partial charge in [0.1, 0.15) is 5.60 Å². The summed E-state index contributed by atoms with van der Waals surface area (Å²) in [6.45, 7) is 8.60. The molecule has 98 valence electrons. The van der Waals surface area contributed by atoms with Gasteiger partial charge in [-0.25, -0.2) is 4.79 Å². The SMILES string of the molecule is CC1CC(NC2CC2)CN1C(=O)OC(C)(C)C. The summed E-state index contributed by atoms with van der Waals surface area (Å²) in [5, 5.41) is 3.58. The predicted molar refractivity (Wildman–Crippen MR) is 67.0 cm³/mol. The molecule has 2 aliphatic rings. The number of hydrogen-bond donors (Lipinski definition) is 1. The van der Waals surface area contributed by atoms with Crippen LogP contribution >= 0.6 is 0 Å². The summed E-state index contributed by atoms with van der Waals surface area (Å²) in [6, 6.07) is 1.43. The highest BCUT2D eigenvalue weighted by Gasteiger charge is 2.37. The third-order valence-corrected chi connectivity index (χ3v) is 3.25. The van der Waals surface area contributed by atoms with E-state index in [2.05, 4.69) is 12.2 Å². The zero-order valence-corrected chi connectivity index (χ0v) is 11.3. The van der Waals surface area contributed by atoms with Crippen molar-refractivity contribution in [3.05, 3.63) is 0 Å². The fourth-order valence-electron chi connectivity index (χ4n) is 2.31. The average Bonchev–Trinajstić information content (AvgIpc) is 2.86. The zero-order valence-electron chi connectivity index (χ0n) is 11.3. The summed E-state index contributed by atoms with van der Waals surface area (Å²) in [4.78, 5) is 13.8. The molecule has 2 fully saturated rings. The number of carbonyl (C=O) groups excluding carboxylic acids is 1. The van der Waals surface area contributed by atoms with Crippen LogP contribution < -0.4 is 5.32 Å². The van der Waals surface area contributed by atoms with E-state index in [1.165, 1.54) is 12.8 Å². The molecule has 0 bridgehead atoms. The maximum atomic E-state index is 12.0. The summed E-state index contributed by atoms with van der Waals surface area (Å²) in [6.07, 6.45) is 3.44. The van der Waals surface area contributed by atoms with Crippen LogP contribution in [0.3, 0.4) is 0 Å². The van der Waals surface area contributed by atoms with Gasteiger partial charge in [0, 0.05) is 24.7 Å². The quantitative estimate of drug-likeness (QED) is 0.804. The molecule has 0 radical (unpaired) electrons. The Labute approximate surface area is 104 Å². The van der Waals surface area contributed by atoms with E-state index >= 15 is 0 Å². The molecule has 1 aliphatic carbocycles. The van der Waals surface area contributed by atoms with Crippen molar-refractivity contribution < 1.29 is 9.53 Å². The fraction of sp³-hybridized carbons (Fsp3) is 0.923. The molecule has 1 aliphatic heterocycles. The Kier molecular flexibility index (Phi) is 3.34. The third-order valence-electron chi connectivity index (χ3n) is 3.25. The van der Waals surface area contributed by atoms with E-state index in [9.17, 15) is 4.79 Å². The minimum Gasteiger partial charge on any atom is -0.444 e. The van der Waals surface area contributed by atoms with Gasteiger partial charge < -0.3 is 15.0 Å². The van der Waals surface area contributed by atoms with E-state index < -0.39 is 5.60 Å². The van der Waals surface area contributed by atoms with E-state index in [-0.39, 0.29) is 12.1 Å². The first-order chi connectivity index (χ1) is 7.85. The summed E-state index contributed by atoms with van der Waals surface area (Å²) < 4.78 is 5.42. The topological polar surface area (TPSA) is 41.6 Å². The van der Waals surface area contributed by atoms with Crippen LogP contribution in [0.2, 0.25) is 0 Å². The Balaban J connectivity index is 1.85. The zero-order chi connectivity index (χ0) is 12.6. The smallest absolute Gasteiger partial charge is 0.410 e. The van der Waals surface area contributed by atoms with Crippen LogP contribution in [0.15, 0.2) is 0 Å². The number of nitrogens with one attached hydrogen (secondary N) is 1. The Morgan fingerprint density at radius 1 is 1.29 bits per heavy atom. The lowest BCUT2D eigenvalue weighted by atomic mass is 10.2. The second kappa shape index (κ2) is 4.48. The maximum Gasteiger partial charge on any atom is 0.410 e. The molecular weight excluding hydrogens is 216 g/mol. The highest BCUT2D eigenvalue weighted by atomic mass is 16.6. The number of likely N-dealkylation sites (tertiary alicyclic amines) is 1. The molecule has 1 saturated heterocycles. The average molecular weight is 240 g/mol. The van der Waals surface area contributed by atoms with Crippen LogP contribution in [0.25, 0.3) is 0 Å². The van der Waals surface area contributed by atoms with Crippen LogP contribution in [0.1, 0.15) is 47.0 Å². The molecule has 1 heterocycles. The van der Waals surface area contributed by atoms with E-state index in [0.29, 0.717) is 12.1 Å². The van der Waals surface area contributed by atoms with Crippen molar-refractivity contribution in [3.8, 4) is 0 Å². The standard InChI is InChI=1S/C13H24N2O2/c1-9-7-11(14-10-5-6-10)8-15(9)12(16)17-13(2,3)4/h9-11,14H,5-8H2,1-4H3. The molecule has 0 aromatic carbocycles. The van der Waals surface area contributed by atoms with Crippen molar-refractivity contribution in [2.45, 2.75) is 70.7 Å². The van der Waals surface area contributed by atoms with Gasteiger partial charge in [-0.15, -0.1) is 0 Å². The molecule has 1 N–H and O–H groups in total. The van der Waals surface area contributed by atoms with Gasteiger partial charge >= 0.3 is 6.09 Å². The van der Waals surface area contributed by atoms with Gasteiger partial charge in [0.2, 0.25) is 0 Å². The third kappa shape index (κ3) is 3.60. The van der Waals surface area contributed by atoms with Gasteiger partial charge in [-0.05, 0) is 47.0 Å². The highest BCUT2D eigenvalue weighted by Crippen LogP contribution is 2.25. The van der Waals surface area contributed by atoms with Crippen LogP contribution in [0.4, 0.5) is 4.79 Å². The lowest BCUT2D eigenvalue weighted by molar-refractivity contribution is 0.0236. The van der Waals surface area contributed by atoms with E-state index in [4.69, 9.17) is 4.74 Å². The number of nitrogens with zero attached hydrogens (tertiary/aromatic N) is 1. The molecule has 1 saturated carbocycles. The van der Waals surface area contributed by atoms with Gasteiger partial charge in [-0.1, -0.05) is 0 Å². The van der Waals surface area contributed by atoms with E-state index in [1.807, 2.05) is 25.7 Å². The number of amides is 1. The maximum absolute atomic E-state index is 12.0. The first-order valence-corrected chi connectivity index (χ1v) is 6.61. The van der Waals surface area contributed by atoms with Crippen molar-refractivity contribution in [1.29, 1.82) is 0 Å². The molecule has 4 heteroatoms. The largest absolute Gasteiger partial charge is 0.444 e. The van der Waals surface area contributed by atoms with Gasteiger partial charge in [-0.2, -0.15) is 0 Å². The molecule has 0 spiro atoms. The number of carbonyl (C=O) groups is 1. The molecule has 0 aromatic heterocycles. The Morgan fingerprint density at radius 3 is 2.47 bits per heavy atom. The highest BCUT2D eigenvalue weighted by molar-refractivity contribution is 5.69. The van der Waals surface area contributed by atoms with Crippen molar-refractivity contribution in [2.24, 2.45) is 0 Å². The molecular formula is C13H24N2O2. The van der Waals surface area contributed by atoms with E-state index in [0.717, 1.165) is 13.0 Å². The fourth-order valence-corrected chi connectivity index (χ4v) is 2.31. The number of ether oxygens (including phenoxy) is 1. The van der Waals surface area contributed by atoms with E-state index in [1.54, 1.807) is 0 Å². The number of rotatable bonds is 2. The van der Waals surface area contributed by atoms with Gasteiger partial charge in [-0.3, -0.25) is 0 Å². The monoisotopic (exact) mass is 240 g/mol. The summed E-state index contributed by atoms with van der Waals surface area (Å²) in [7, 11) is 0. The Morgan fingerprint density at radius 2 is 1.94 bits per heavy atom. The van der Waals surface area contributed by atoms with Crippen molar-refractivity contribution in [2.75, 3.05) is 6.54 Å². The van der Waals surface area contributed by atoms with Crippen molar-refractivity contribution >= 4 is 6.09 Å². The first kappa shape index (κ1) is 12.7. The second-order valence-corrected chi connectivity index (χ2v) is 6.36. The minimum atomic E-state index is -0.404. The second-order valence-electron chi connectivity index (χ2n) is 6.36. The number of hydrogen-bond acceptors (Lipinski definition) is 3. The molecule has 2 atom stereocenters. The molecule has 17 heavy (non-hydrogen) atoms. The lowest BCUT2D eigenvalue weighted by Gasteiger charge is -2.27. The predicted octanol–water partition coefficient (Wildman–Crippen LogP) is 2.14. The van der Waals surface area contributed by atoms with Crippen molar-refractivity contribution in [3.63, 3.8) is 0 Å².